The zero-order chi connectivity index (χ0) is 16.9. The molecule has 9 heteroatoms. The highest BCUT2D eigenvalue weighted by molar-refractivity contribution is 6.29. The lowest BCUT2D eigenvalue weighted by Crippen LogP contribution is -2.51. The number of nitrogens with one attached hydrogen (secondary N) is 2. The third-order valence-electron chi connectivity index (χ3n) is 4.21. The third kappa shape index (κ3) is 4.52. The first-order valence-corrected chi connectivity index (χ1v) is 7.78. The van der Waals surface area contributed by atoms with Crippen LogP contribution in [0.3, 0.4) is 0 Å². The molecule has 1 heterocycles. The maximum atomic E-state index is 12.6. The van der Waals surface area contributed by atoms with E-state index in [2.05, 4.69) is 27.7 Å². The van der Waals surface area contributed by atoms with E-state index in [-0.39, 0.29) is 17.6 Å². The highest BCUT2D eigenvalue weighted by atomic mass is 35.5. The Hall–Kier alpha value is -1.93. The van der Waals surface area contributed by atoms with E-state index in [1.165, 1.54) is 12.4 Å². The van der Waals surface area contributed by atoms with Gasteiger partial charge in [0.15, 0.2) is 5.82 Å². The molecule has 0 spiro atoms. The van der Waals surface area contributed by atoms with Gasteiger partial charge < -0.3 is 0 Å². The van der Waals surface area contributed by atoms with Crippen LogP contribution in [0.25, 0.3) is 0 Å². The molecule has 126 valence electrons. The molecule has 0 aromatic carbocycles. The standard InChI is InChI=1S/C14H20ClN5O3/c1-10-2-4-14(5-3-10,8-20(23)9-21)13(22)19-18-12-7-16-6-11(15)17-12/h6-7,9-10,23H,2-5,8H2,1H3,(H,17,18)(H,19,22). The summed E-state index contributed by atoms with van der Waals surface area (Å²) in [5, 5.41) is 10.3. The molecule has 1 aromatic heterocycles. The maximum absolute atomic E-state index is 12.6. The molecule has 8 nitrogen and oxygen atoms in total. The van der Waals surface area contributed by atoms with Crippen molar-refractivity contribution in [3.8, 4) is 0 Å². The minimum Gasteiger partial charge on any atom is -0.286 e. The number of hydrogen-bond donors (Lipinski definition) is 3. The van der Waals surface area contributed by atoms with E-state index < -0.39 is 5.41 Å². The summed E-state index contributed by atoms with van der Waals surface area (Å²) in [5.74, 6) is 0.527. The van der Waals surface area contributed by atoms with Gasteiger partial charge in [0, 0.05) is 0 Å². The number of hydroxylamine groups is 2. The maximum Gasteiger partial charge on any atom is 0.246 e. The van der Waals surface area contributed by atoms with Crippen molar-refractivity contribution in [2.24, 2.45) is 11.3 Å². The van der Waals surface area contributed by atoms with E-state index in [4.69, 9.17) is 11.6 Å². The predicted octanol–water partition coefficient (Wildman–Crippen LogP) is 1.62. The Labute approximate surface area is 139 Å². The topological polar surface area (TPSA) is 107 Å². The van der Waals surface area contributed by atoms with Crippen LogP contribution in [-0.4, -0.2) is 39.1 Å². The van der Waals surface area contributed by atoms with Gasteiger partial charge in [-0.05, 0) is 31.6 Å². The minimum absolute atomic E-state index is 0.0437. The van der Waals surface area contributed by atoms with Crippen LogP contribution < -0.4 is 10.9 Å². The van der Waals surface area contributed by atoms with Gasteiger partial charge >= 0.3 is 0 Å². The van der Waals surface area contributed by atoms with Crippen molar-refractivity contribution in [3.63, 3.8) is 0 Å². The summed E-state index contributed by atoms with van der Waals surface area (Å²) in [5.41, 5.74) is 4.41. The van der Waals surface area contributed by atoms with Crippen LogP contribution in [-0.2, 0) is 9.59 Å². The smallest absolute Gasteiger partial charge is 0.246 e. The van der Waals surface area contributed by atoms with Crippen molar-refractivity contribution in [2.45, 2.75) is 32.6 Å². The Morgan fingerprint density at radius 3 is 2.83 bits per heavy atom. The van der Waals surface area contributed by atoms with Crippen LogP contribution in [0.5, 0.6) is 0 Å². The Morgan fingerprint density at radius 1 is 1.52 bits per heavy atom. The number of halogens is 1. The van der Waals surface area contributed by atoms with Gasteiger partial charge in [-0.3, -0.25) is 30.6 Å². The van der Waals surface area contributed by atoms with Crippen molar-refractivity contribution in [2.75, 3.05) is 12.0 Å². The number of rotatable bonds is 6. The second-order valence-corrected chi connectivity index (χ2v) is 6.36. The molecule has 1 aliphatic rings. The van der Waals surface area contributed by atoms with Gasteiger partial charge in [-0.1, -0.05) is 18.5 Å². The molecule has 0 saturated heterocycles. The van der Waals surface area contributed by atoms with E-state index in [0.717, 1.165) is 12.8 Å². The molecule has 0 bridgehead atoms. The molecule has 0 unspecified atom stereocenters. The second kappa shape index (κ2) is 7.56. The molecule has 1 fully saturated rings. The van der Waals surface area contributed by atoms with Crippen LogP contribution in [0.4, 0.5) is 5.82 Å². The molecular weight excluding hydrogens is 322 g/mol. The fourth-order valence-corrected chi connectivity index (χ4v) is 2.92. The molecule has 3 N–H and O–H groups in total. The van der Waals surface area contributed by atoms with Gasteiger partial charge in [-0.15, -0.1) is 0 Å². The zero-order valence-corrected chi connectivity index (χ0v) is 13.6. The number of anilines is 1. The largest absolute Gasteiger partial charge is 0.286 e. The summed E-state index contributed by atoms with van der Waals surface area (Å²) in [7, 11) is 0. The van der Waals surface area contributed by atoms with Crippen molar-refractivity contribution >= 4 is 29.7 Å². The van der Waals surface area contributed by atoms with Crippen LogP contribution in [0, 0.1) is 11.3 Å². The van der Waals surface area contributed by atoms with Gasteiger partial charge in [0.25, 0.3) is 0 Å². The van der Waals surface area contributed by atoms with Crippen molar-refractivity contribution in [1.29, 1.82) is 0 Å². The van der Waals surface area contributed by atoms with E-state index in [1.807, 2.05) is 0 Å². The monoisotopic (exact) mass is 341 g/mol. The molecular formula is C14H20ClN5O3. The zero-order valence-electron chi connectivity index (χ0n) is 12.8. The molecule has 1 aliphatic carbocycles. The van der Waals surface area contributed by atoms with Crippen LogP contribution in [0.2, 0.25) is 5.15 Å². The molecule has 0 radical (unpaired) electrons. The first kappa shape index (κ1) is 17.4. The van der Waals surface area contributed by atoms with Gasteiger partial charge in [-0.2, -0.15) is 0 Å². The Bertz CT molecular complexity index is 563. The molecule has 1 aromatic rings. The number of hydrazine groups is 1. The Kier molecular flexibility index (Phi) is 5.73. The van der Waals surface area contributed by atoms with Crippen molar-refractivity contribution < 1.29 is 14.8 Å². The number of carbonyl (C=O) groups is 2. The average Bonchev–Trinajstić information content (AvgIpc) is 2.55. The number of nitrogens with zero attached hydrogens (tertiary/aromatic N) is 3. The van der Waals surface area contributed by atoms with E-state index >= 15 is 0 Å². The van der Waals surface area contributed by atoms with E-state index in [0.29, 0.717) is 36.1 Å². The minimum atomic E-state index is -0.832. The Balaban J connectivity index is 2.05. The van der Waals surface area contributed by atoms with Crippen LogP contribution in [0.1, 0.15) is 32.6 Å². The van der Waals surface area contributed by atoms with Crippen molar-refractivity contribution in [1.82, 2.24) is 20.5 Å². The molecule has 0 atom stereocenters. The number of carbonyl (C=O) groups excluding carboxylic acids is 2. The average molecular weight is 342 g/mol. The first-order chi connectivity index (χ1) is 10.9. The summed E-state index contributed by atoms with van der Waals surface area (Å²) in [6.07, 6.45) is 6.01. The fourth-order valence-electron chi connectivity index (χ4n) is 2.77. The van der Waals surface area contributed by atoms with Gasteiger partial charge in [0.2, 0.25) is 12.3 Å². The molecule has 23 heavy (non-hydrogen) atoms. The van der Waals surface area contributed by atoms with Gasteiger partial charge in [-0.25, -0.2) is 10.0 Å². The Morgan fingerprint density at radius 2 is 2.22 bits per heavy atom. The first-order valence-electron chi connectivity index (χ1n) is 7.40. The molecule has 1 saturated carbocycles. The number of hydrogen-bond acceptors (Lipinski definition) is 6. The summed E-state index contributed by atoms with van der Waals surface area (Å²) in [6.45, 7) is 2.08. The summed E-state index contributed by atoms with van der Waals surface area (Å²) >= 11 is 5.73. The van der Waals surface area contributed by atoms with E-state index in [9.17, 15) is 14.8 Å². The van der Waals surface area contributed by atoms with Gasteiger partial charge in [0.1, 0.15) is 5.15 Å². The summed E-state index contributed by atoms with van der Waals surface area (Å²) < 4.78 is 0. The SMILES string of the molecule is CC1CCC(CN(O)C=O)(C(=O)NNc2cncc(Cl)n2)CC1. The lowest BCUT2D eigenvalue weighted by molar-refractivity contribution is -0.163. The fraction of sp³-hybridized carbons (Fsp3) is 0.571. The number of aromatic nitrogens is 2. The lowest BCUT2D eigenvalue weighted by Gasteiger charge is -2.38. The number of amides is 2. The second-order valence-electron chi connectivity index (χ2n) is 5.97. The molecule has 2 rings (SSSR count). The summed E-state index contributed by atoms with van der Waals surface area (Å²) in [4.78, 5) is 31.2. The molecule has 2 amide bonds. The van der Waals surface area contributed by atoms with Crippen LogP contribution in [0.15, 0.2) is 12.4 Å². The lowest BCUT2D eigenvalue weighted by atomic mass is 9.70. The quantitative estimate of drug-likeness (QED) is 0.412. The van der Waals surface area contributed by atoms with Crippen LogP contribution >= 0.6 is 11.6 Å². The van der Waals surface area contributed by atoms with Gasteiger partial charge in [0.05, 0.1) is 24.4 Å². The summed E-state index contributed by atoms with van der Waals surface area (Å²) in [6, 6.07) is 0. The van der Waals surface area contributed by atoms with Crippen molar-refractivity contribution in [3.05, 3.63) is 17.5 Å². The highest BCUT2D eigenvalue weighted by Gasteiger charge is 2.42. The molecule has 0 aliphatic heterocycles. The van der Waals surface area contributed by atoms with E-state index in [1.54, 1.807) is 0 Å². The highest BCUT2D eigenvalue weighted by Crippen LogP contribution is 2.39. The third-order valence-corrected chi connectivity index (χ3v) is 4.39. The normalized spacial score (nSPS) is 23.9. The predicted molar refractivity (Wildman–Crippen MR) is 83.4 cm³/mol.